The van der Waals surface area contributed by atoms with Crippen LogP contribution >= 0.6 is 35.3 Å². The molecule has 8 heteroatoms. The van der Waals surface area contributed by atoms with E-state index in [1.807, 2.05) is 36.1 Å². The Morgan fingerprint density at radius 2 is 1.85 bits per heavy atom. The number of rotatable bonds is 5. The summed E-state index contributed by atoms with van der Waals surface area (Å²) in [4.78, 5) is 22.6. The summed E-state index contributed by atoms with van der Waals surface area (Å²) in [6.07, 6.45) is 0. The fourth-order valence-corrected chi connectivity index (χ4v) is 5.32. The molecule has 1 saturated heterocycles. The van der Waals surface area contributed by atoms with E-state index in [1.165, 1.54) is 16.9 Å². The SMILES string of the molecule is Cc1cc(Cl)cc2sc(N(CCN3CCOCC3)C(=O)c3ccc(C(C)(C)C)cc3)nc12.Cl. The molecule has 0 unspecified atom stereocenters. The number of anilines is 1. The molecule has 0 saturated carbocycles. The molecule has 1 aliphatic heterocycles. The van der Waals surface area contributed by atoms with Crippen LogP contribution in [0.5, 0.6) is 0 Å². The number of thiazole rings is 1. The highest BCUT2D eigenvalue weighted by Crippen LogP contribution is 2.34. The van der Waals surface area contributed by atoms with Gasteiger partial charge in [0.05, 0.1) is 23.4 Å². The molecule has 0 N–H and O–H groups in total. The van der Waals surface area contributed by atoms with Gasteiger partial charge < -0.3 is 4.74 Å². The number of carbonyl (C=O) groups excluding carboxylic acids is 1. The third-order valence-electron chi connectivity index (χ3n) is 5.86. The maximum Gasteiger partial charge on any atom is 0.260 e. The van der Waals surface area contributed by atoms with Gasteiger partial charge in [0, 0.05) is 36.8 Å². The smallest absolute Gasteiger partial charge is 0.260 e. The zero-order valence-corrected chi connectivity index (χ0v) is 21.9. The highest BCUT2D eigenvalue weighted by molar-refractivity contribution is 7.22. The number of hydrogen-bond acceptors (Lipinski definition) is 5. The van der Waals surface area contributed by atoms with Crippen LogP contribution in [-0.2, 0) is 10.2 Å². The first-order chi connectivity index (χ1) is 15.2. The first kappa shape index (κ1) is 25.9. The highest BCUT2D eigenvalue weighted by Gasteiger charge is 2.24. The Bertz CT molecular complexity index is 1100. The van der Waals surface area contributed by atoms with Crippen LogP contribution in [-0.4, -0.2) is 55.2 Å². The van der Waals surface area contributed by atoms with Gasteiger partial charge in [0.1, 0.15) is 0 Å². The number of ether oxygens (including phenoxy) is 1. The van der Waals surface area contributed by atoms with Crippen molar-refractivity contribution in [1.29, 1.82) is 0 Å². The van der Waals surface area contributed by atoms with Crippen molar-refractivity contribution in [1.82, 2.24) is 9.88 Å². The van der Waals surface area contributed by atoms with Crippen LogP contribution in [0.25, 0.3) is 10.2 Å². The van der Waals surface area contributed by atoms with Crippen molar-refractivity contribution in [3.05, 3.63) is 58.1 Å². The van der Waals surface area contributed by atoms with Gasteiger partial charge in [0.15, 0.2) is 5.13 Å². The summed E-state index contributed by atoms with van der Waals surface area (Å²) >= 11 is 7.78. The first-order valence-corrected chi connectivity index (χ1v) is 12.2. The van der Waals surface area contributed by atoms with Gasteiger partial charge in [-0.2, -0.15) is 0 Å². The number of hydrogen-bond donors (Lipinski definition) is 0. The van der Waals surface area contributed by atoms with Crippen LogP contribution in [0.3, 0.4) is 0 Å². The molecular weight excluding hydrogens is 477 g/mol. The monoisotopic (exact) mass is 507 g/mol. The van der Waals surface area contributed by atoms with Crippen molar-refractivity contribution in [2.24, 2.45) is 0 Å². The lowest BCUT2D eigenvalue weighted by molar-refractivity contribution is 0.0391. The molecule has 0 bridgehead atoms. The van der Waals surface area contributed by atoms with Gasteiger partial charge in [-0.05, 0) is 47.7 Å². The summed E-state index contributed by atoms with van der Waals surface area (Å²) in [7, 11) is 0. The maximum absolute atomic E-state index is 13.6. The quantitative estimate of drug-likeness (QED) is 0.427. The molecule has 1 aliphatic rings. The number of amides is 1. The van der Waals surface area contributed by atoms with E-state index < -0.39 is 0 Å². The number of nitrogens with zero attached hydrogens (tertiary/aromatic N) is 3. The summed E-state index contributed by atoms with van der Waals surface area (Å²) in [6.45, 7) is 13.1. The normalized spacial score (nSPS) is 14.8. The number of halogens is 2. The van der Waals surface area contributed by atoms with Crippen molar-refractivity contribution >= 4 is 56.6 Å². The molecule has 5 nitrogen and oxygen atoms in total. The number of benzene rings is 2. The number of aromatic nitrogens is 1. The van der Waals surface area contributed by atoms with Gasteiger partial charge in [-0.25, -0.2) is 4.98 Å². The summed E-state index contributed by atoms with van der Waals surface area (Å²) in [5.41, 5.74) is 3.85. The standard InChI is InChI=1S/C25H30ClN3O2S.ClH/c1-17-15-20(26)16-21-22(17)27-24(32-21)29(10-9-28-11-13-31-14-12-28)23(30)18-5-7-19(8-6-18)25(2,3)4;/h5-8,15-16H,9-14H2,1-4H3;1H. The molecule has 0 atom stereocenters. The van der Waals surface area contributed by atoms with Crippen molar-refractivity contribution in [2.45, 2.75) is 33.1 Å². The minimum Gasteiger partial charge on any atom is -0.379 e. The Kier molecular flexibility index (Phi) is 8.40. The molecule has 0 radical (unpaired) electrons. The van der Waals surface area contributed by atoms with E-state index in [2.05, 4.69) is 37.8 Å². The number of aryl methyl sites for hydroxylation is 1. The Hall–Kier alpha value is -1.70. The van der Waals surface area contributed by atoms with E-state index in [4.69, 9.17) is 21.3 Å². The Morgan fingerprint density at radius 1 is 1.18 bits per heavy atom. The van der Waals surface area contributed by atoms with Crippen LogP contribution in [0.2, 0.25) is 5.02 Å². The average Bonchev–Trinajstić information content (AvgIpc) is 3.18. The zero-order valence-electron chi connectivity index (χ0n) is 19.6. The first-order valence-electron chi connectivity index (χ1n) is 11.0. The fourth-order valence-electron chi connectivity index (χ4n) is 3.88. The predicted molar refractivity (Wildman–Crippen MR) is 141 cm³/mol. The molecule has 0 aliphatic carbocycles. The Morgan fingerprint density at radius 3 is 2.48 bits per heavy atom. The van der Waals surface area contributed by atoms with E-state index in [1.54, 1.807) is 0 Å². The van der Waals surface area contributed by atoms with E-state index in [0.29, 0.717) is 22.3 Å². The molecule has 178 valence electrons. The fraction of sp³-hybridized carbons (Fsp3) is 0.440. The largest absolute Gasteiger partial charge is 0.379 e. The molecular formula is C25H31Cl2N3O2S. The Labute approximate surface area is 211 Å². The van der Waals surface area contributed by atoms with E-state index in [-0.39, 0.29) is 23.7 Å². The molecule has 33 heavy (non-hydrogen) atoms. The van der Waals surface area contributed by atoms with Gasteiger partial charge >= 0.3 is 0 Å². The number of morpholine rings is 1. The topological polar surface area (TPSA) is 45.7 Å². The average molecular weight is 509 g/mol. The minimum atomic E-state index is -0.0264. The molecule has 1 aromatic heterocycles. The third kappa shape index (κ3) is 6.06. The van der Waals surface area contributed by atoms with Crippen LogP contribution in [0, 0.1) is 6.92 Å². The Balaban J connectivity index is 0.00000306. The molecule has 4 rings (SSSR count). The van der Waals surface area contributed by atoms with Gasteiger partial charge in [0.25, 0.3) is 5.91 Å². The summed E-state index contributed by atoms with van der Waals surface area (Å²) < 4.78 is 6.46. The van der Waals surface area contributed by atoms with Crippen molar-refractivity contribution < 1.29 is 9.53 Å². The van der Waals surface area contributed by atoms with Gasteiger partial charge in [0.2, 0.25) is 0 Å². The maximum atomic E-state index is 13.6. The molecule has 2 heterocycles. The van der Waals surface area contributed by atoms with Gasteiger partial charge in [-0.1, -0.05) is 55.8 Å². The minimum absolute atomic E-state index is 0. The van der Waals surface area contributed by atoms with Crippen molar-refractivity contribution in [3.63, 3.8) is 0 Å². The van der Waals surface area contributed by atoms with Crippen molar-refractivity contribution in [3.8, 4) is 0 Å². The summed E-state index contributed by atoms with van der Waals surface area (Å²) in [6, 6.07) is 11.8. The molecule has 3 aromatic rings. The van der Waals surface area contributed by atoms with Crippen LogP contribution in [0.15, 0.2) is 36.4 Å². The lowest BCUT2D eigenvalue weighted by Crippen LogP contribution is -2.43. The lowest BCUT2D eigenvalue weighted by atomic mass is 9.86. The van der Waals surface area contributed by atoms with E-state index >= 15 is 0 Å². The second kappa shape index (κ2) is 10.7. The summed E-state index contributed by atoms with van der Waals surface area (Å²) in [5.74, 6) is -0.0264. The number of fused-ring (bicyclic) bond motifs is 1. The van der Waals surface area contributed by atoms with Crippen LogP contribution < -0.4 is 4.90 Å². The highest BCUT2D eigenvalue weighted by atomic mass is 35.5. The van der Waals surface area contributed by atoms with Gasteiger partial charge in [-0.3, -0.25) is 14.6 Å². The van der Waals surface area contributed by atoms with Gasteiger partial charge in [-0.15, -0.1) is 12.4 Å². The molecule has 0 spiro atoms. The zero-order chi connectivity index (χ0) is 22.9. The van der Waals surface area contributed by atoms with E-state index in [9.17, 15) is 4.79 Å². The predicted octanol–water partition coefficient (Wildman–Crippen LogP) is 5.96. The van der Waals surface area contributed by atoms with E-state index in [0.717, 1.165) is 48.6 Å². The second-order valence-electron chi connectivity index (χ2n) is 9.30. The number of carbonyl (C=O) groups is 1. The molecule has 1 amide bonds. The van der Waals surface area contributed by atoms with Crippen LogP contribution in [0.4, 0.5) is 5.13 Å². The second-order valence-corrected chi connectivity index (χ2v) is 10.7. The van der Waals surface area contributed by atoms with Crippen LogP contribution in [0.1, 0.15) is 42.3 Å². The summed E-state index contributed by atoms with van der Waals surface area (Å²) in [5, 5.41) is 1.40. The van der Waals surface area contributed by atoms with Crippen molar-refractivity contribution in [2.75, 3.05) is 44.3 Å². The lowest BCUT2D eigenvalue weighted by Gasteiger charge is -2.29. The third-order valence-corrected chi connectivity index (χ3v) is 7.10. The molecule has 2 aromatic carbocycles. The molecule has 1 fully saturated rings.